The van der Waals surface area contributed by atoms with Crippen LogP contribution in [-0.4, -0.2) is 66.0 Å². The van der Waals surface area contributed by atoms with E-state index in [1.807, 2.05) is 30.3 Å². The zero-order valence-electron chi connectivity index (χ0n) is 27.0. The molecule has 46 heavy (non-hydrogen) atoms. The van der Waals surface area contributed by atoms with Gasteiger partial charge in [0.1, 0.15) is 29.5 Å². The predicted molar refractivity (Wildman–Crippen MR) is 173 cm³/mol. The number of phenolic OH excluding ortho intramolecular Hbond substituents is 1. The number of nitrogens with two attached hydrogens (primary N) is 1. The Morgan fingerprint density at radius 1 is 1.04 bits per heavy atom. The highest BCUT2D eigenvalue weighted by Gasteiger charge is 2.36. The summed E-state index contributed by atoms with van der Waals surface area (Å²) in [6.07, 6.45) is 2.28. The molecule has 2 atom stereocenters. The van der Waals surface area contributed by atoms with Crippen molar-refractivity contribution in [2.45, 2.75) is 72.0 Å². The molecule has 0 saturated carbocycles. The summed E-state index contributed by atoms with van der Waals surface area (Å²) in [5.41, 5.74) is 6.29. The molecule has 1 saturated heterocycles. The van der Waals surface area contributed by atoms with Gasteiger partial charge >= 0.3 is 6.03 Å². The lowest BCUT2D eigenvalue weighted by Gasteiger charge is -2.41. The highest BCUT2D eigenvalue weighted by molar-refractivity contribution is 5.95. The fourth-order valence-electron chi connectivity index (χ4n) is 5.62. The van der Waals surface area contributed by atoms with Crippen LogP contribution in [0.4, 0.5) is 13.6 Å². The molecule has 4 amide bonds. The van der Waals surface area contributed by atoms with Crippen LogP contribution in [0.3, 0.4) is 0 Å². The summed E-state index contributed by atoms with van der Waals surface area (Å²) in [6.45, 7) is 9.90. The summed E-state index contributed by atoms with van der Waals surface area (Å²) in [5, 5.41) is 19.8. The summed E-state index contributed by atoms with van der Waals surface area (Å²) in [7, 11) is 0. The van der Waals surface area contributed by atoms with Gasteiger partial charge in [-0.2, -0.15) is 0 Å². The van der Waals surface area contributed by atoms with Crippen LogP contribution in [0, 0.1) is 23.0 Å². The van der Waals surface area contributed by atoms with Crippen molar-refractivity contribution in [2.24, 2.45) is 22.1 Å². The molecule has 0 aromatic heterocycles. The Balaban J connectivity index is 1.78. The molecule has 0 radical (unpaired) electrons. The molecule has 13 heteroatoms. The molecule has 11 nitrogen and oxygen atoms in total. The Bertz CT molecular complexity index is 1340. The Morgan fingerprint density at radius 2 is 1.67 bits per heavy atom. The maximum absolute atomic E-state index is 14.3. The molecule has 0 aliphatic carbocycles. The standard InChI is InChI=1S/C33H47F2N7O4/c1-5-37-32(46)41-31(36)38-15-9-12-27(29(44)39-20-24-25(34)18-23(43)19-26(24)35)40-30(45)28(21-10-7-6-8-11-21)42-16-13-22(14-17-42)33(2,3)4/h6-8,10-11,18-19,22,27-28,43H,5,9,12-17,20H2,1-4H3,(H,39,44)(H,40,45)(H4,36,37,38,41,46)/t27-,28?/m1/s1. The van der Waals surface area contributed by atoms with Gasteiger partial charge in [0.25, 0.3) is 0 Å². The molecule has 1 fully saturated rings. The van der Waals surface area contributed by atoms with Crippen molar-refractivity contribution in [3.63, 3.8) is 0 Å². The van der Waals surface area contributed by atoms with Crippen LogP contribution in [-0.2, 0) is 16.1 Å². The Morgan fingerprint density at radius 3 is 2.26 bits per heavy atom. The third-order valence-electron chi connectivity index (χ3n) is 8.19. The number of nitrogens with one attached hydrogen (secondary N) is 4. The molecule has 0 bridgehead atoms. The number of aromatic hydroxyl groups is 1. The summed E-state index contributed by atoms with van der Waals surface area (Å²) in [4.78, 5) is 45.3. The lowest BCUT2D eigenvalue weighted by Crippen LogP contribution is -2.52. The van der Waals surface area contributed by atoms with Gasteiger partial charge in [-0.05, 0) is 62.6 Å². The molecule has 1 unspecified atom stereocenters. The normalized spacial score (nSPS) is 15.9. The van der Waals surface area contributed by atoms with Crippen LogP contribution in [0.2, 0.25) is 0 Å². The SMILES string of the molecule is CCNC(=O)NC(N)=NCCC[C@@H](NC(=O)C(c1ccccc1)N1CCC(C(C)(C)C)CC1)C(=O)NCc1c(F)cc(O)cc1F. The van der Waals surface area contributed by atoms with Crippen LogP contribution < -0.4 is 27.0 Å². The van der Waals surface area contributed by atoms with E-state index < -0.39 is 53.5 Å². The number of benzene rings is 2. The van der Waals surface area contributed by atoms with Gasteiger partial charge in [0.2, 0.25) is 11.8 Å². The Labute approximate surface area is 269 Å². The summed E-state index contributed by atoms with van der Waals surface area (Å²) in [5.74, 6) is -3.19. The first-order valence-corrected chi connectivity index (χ1v) is 15.7. The minimum absolute atomic E-state index is 0.0999. The quantitative estimate of drug-likeness (QED) is 0.118. The molecule has 3 rings (SSSR count). The topological polar surface area (TPSA) is 161 Å². The van der Waals surface area contributed by atoms with Crippen molar-refractivity contribution in [3.8, 4) is 5.75 Å². The zero-order chi connectivity index (χ0) is 33.9. The van der Waals surface area contributed by atoms with Crippen LogP contribution >= 0.6 is 0 Å². The number of piperidine rings is 1. The molecule has 1 aliphatic rings. The lowest BCUT2D eigenvalue weighted by molar-refractivity contribution is -0.133. The number of guanidine groups is 1. The fourth-order valence-corrected chi connectivity index (χ4v) is 5.62. The largest absolute Gasteiger partial charge is 0.508 e. The number of urea groups is 1. The molecule has 2 aromatic rings. The molecular weight excluding hydrogens is 596 g/mol. The number of likely N-dealkylation sites (tertiary alicyclic amines) is 1. The number of halogens is 2. The number of carbonyl (C=O) groups is 3. The molecule has 1 heterocycles. The third kappa shape index (κ3) is 10.7. The van der Waals surface area contributed by atoms with Crippen molar-refractivity contribution >= 4 is 23.8 Å². The van der Waals surface area contributed by atoms with E-state index in [4.69, 9.17) is 5.73 Å². The van der Waals surface area contributed by atoms with E-state index in [0.717, 1.165) is 30.5 Å². The number of amides is 4. The molecule has 7 N–H and O–H groups in total. The van der Waals surface area contributed by atoms with Crippen LogP contribution in [0.1, 0.15) is 70.5 Å². The second kappa shape index (κ2) is 16.9. The summed E-state index contributed by atoms with van der Waals surface area (Å²) in [6, 6.07) is 8.65. The van der Waals surface area contributed by atoms with Gasteiger partial charge in [-0.1, -0.05) is 51.1 Å². The van der Waals surface area contributed by atoms with E-state index >= 15 is 0 Å². The molecular formula is C33H47F2N7O4. The first-order chi connectivity index (χ1) is 21.8. The van der Waals surface area contributed by atoms with Gasteiger partial charge in [-0.15, -0.1) is 0 Å². The maximum Gasteiger partial charge on any atom is 0.321 e. The average molecular weight is 644 g/mol. The van der Waals surface area contributed by atoms with Gasteiger partial charge in [-0.3, -0.25) is 24.8 Å². The highest BCUT2D eigenvalue weighted by Crippen LogP contribution is 2.36. The third-order valence-corrected chi connectivity index (χ3v) is 8.19. The average Bonchev–Trinajstić information content (AvgIpc) is 2.98. The predicted octanol–water partition coefficient (Wildman–Crippen LogP) is 3.68. The van der Waals surface area contributed by atoms with Crippen molar-refractivity contribution in [2.75, 3.05) is 26.2 Å². The van der Waals surface area contributed by atoms with E-state index in [-0.39, 0.29) is 30.2 Å². The monoisotopic (exact) mass is 643 g/mol. The number of phenols is 1. The maximum atomic E-state index is 14.3. The van der Waals surface area contributed by atoms with Crippen molar-refractivity contribution in [3.05, 3.63) is 65.2 Å². The van der Waals surface area contributed by atoms with Gasteiger partial charge in [0, 0.05) is 37.3 Å². The van der Waals surface area contributed by atoms with Gasteiger partial charge in [0.05, 0.1) is 0 Å². The summed E-state index contributed by atoms with van der Waals surface area (Å²) >= 11 is 0. The van der Waals surface area contributed by atoms with Gasteiger partial charge in [-0.25, -0.2) is 13.6 Å². The van der Waals surface area contributed by atoms with E-state index in [1.54, 1.807) is 6.92 Å². The van der Waals surface area contributed by atoms with Crippen LogP contribution in [0.15, 0.2) is 47.5 Å². The second-order valence-electron chi connectivity index (χ2n) is 12.6. The van der Waals surface area contributed by atoms with E-state index in [0.29, 0.717) is 32.0 Å². The zero-order valence-corrected chi connectivity index (χ0v) is 27.0. The van der Waals surface area contributed by atoms with Crippen molar-refractivity contribution < 1.29 is 28.3 Å². The Hall–Kier alpha value is -4.26. The van der Waals surface area contributed by atoms with Crippen molar-refractivity contribution in [1.82, 2.24) is 26.2 Å². The molecule has 1 aliphatic heterocycles. The number of aliphatic imine (C=N–C) groups is 1. The fraction of sp³-hybridized carbons (Fsp3) is 0.515. The second-order valence-corrected chi connectivity index (χ2v) is 12.6. The van der Waals surface area contributed by atoms with Crippen LogP contribution in [0.25, 0.3) is 0 Å². The summed E-state index contributed by atoms with van der Waals surface area (Å²) < 4.78 is 28.7. The van der Waals surface area contributed by atoms with Gasteiger partial charge in [0.15, 0.2) is 5.96 Å². The molecule has 2 aromatic carbocycles. The minimum Gasteiger partial charge on any atom is -0.508 e. The van der Waals surface area contributed by atoms with E-state index in [2.05, 4.69) is 51.9 Å². The first-order valence-electron chi connectivity index (χ1n) is 15.7. The number of hydrogen-bond donors (Lipinski definition) is 6. The number of hydrogen-bond acceptors (Lipinski definition) is 6. The smallest absolute Gasteiger partial charge is 0.321 e. The molecule has 252 valence electrons. The Kier molecular flexibility index (Phi) is 13.3. The molecule has 0 spiro atoms. The van der Waals surface area contributed by atoms with Crippen LogP contribution in [0.5, 0.6) is 5.75 Å². The number of nitrogens with zero attached hydrogens (tertiary/aromatic N) is 2. The first kappa shape index (κ1) is 36.2. The number of carbonyl (C=O) groups excluding carboxylic acids is 3. The van der Waals surface area contributed by atoms with Gasteiger partial charge < -0.3 is 26.8 Å². The lowest BCUT2D eigenvalue weighted by atomic mass is 9.75. The highest BCUT2D eigenvalue weighted by atomic mass is 19.1. The van der Waals surface area contributed by atoms with E-state index in [1.165, 1.54) is 0 Å². The minimum atomic E-state index is -1.07. The van der Waals surface area contributed by atoms with E-state index in [9.17, 15) is 28.3 Å². The van der Waals surface area contributed by atoms with Crippen molar-refractivity contribution in [1.29, 1.82) is 0 Å². The number of rotatable bonds is 12.